The van der Waals surface area contributed by atoms with Gasteiger partial charge in [-0.3, -0.25) is 4.79 Å². The number of nitrogens with one attached hydrogen (secondary N) is 1. The molecular weight excluding hydrogens is 324 g/mol. The number of nitrogens with zero attached hydrogens (tertiary/aromatic N) is 1. The maximum Gasteiger partial charge on any atom is 0.223 e. The van der Waals surface area contributed by atoms with E-state index in [2.05, 4.69) is 10.3 Å². The summed E-state index contributed by atoms with van der Waals surface area (Å²) < 4.78 is 12.6. The molecule has 1 aromatic carbocycles. The van der Waals surface area contributed by atoms with E-state index in [-0.39, 0.29) is 17.9 Å². The van der Waals surface area contributed by atoms with Crippen LogP contribution in [-0.4, -0.2) is 17.0 Å². The molecule has 24 heavy (non-hydrogen) atoms. The lowest BCUT2D eigenvalue weighted by Crippen LogP contribution is -2.43. The zero-order chi connectivity index (χ0) is 16.5. The van der Waals surface area contributed by atoms with Gasteiger partial charge in [-0.25, -0.2) is 4.98 Å². The number of hydrogen-bond donors (Lipinski definition) is 1. The first kappa shape index (κ1) is 15.2. The number of hydrogen-bond acceptors (Lipinski definition) is 5. The molecule has 1 fully saturated rings. The molecule has 0 saturated heterocycles. The number of thiazole rings is 1. The Labute approximate surface area is 143 Å². The fraction of sp³-hybridized carbons (Fsp3) is 0.333. The molecule has 4 rings (SSSR count). The van der Waals surface area contributed by atoms with Crippen molar-refractivity contribution >= 4 is 27.5 Å². The fourth-order valence-corrected chi connectivity index (χ4v) is 3.60. The number of ether oxygens (including phenoxy) is 1. The van der Waals surface area contributed by atoms with Gasteiger partial charge >= 0.3 is 0 Å². The van der Waals surface area contributed by atoms with Crippen LogP contribution < -0.4 is 10.1 Å². The van der Waals surface area contributed by atoms with E-state index in [0.717, 1.165) is 40.3 Å². The Morgan fingerprint density at radius 3 is 3.04 bits per heavy atom. The van der Waals surface area contributed by atoms with Crippen LogP contribution in [0.5, 0.6) is 5.75 Å². The highest BCUT2D eigenvalue weighted by atomic mass is 32.1. The van der Waals surface area contributed by atoms with E-state index in [0.29, 0.717) is 6.54 Å². The van der Waals surface area contributed by atoms with Crippen molar-refractivity contribution in [3.8, 4) is 5.75 Å². The van der Waals surface area contributed by atoms with E-state index >= 15 is 0 Å². The number of fused-ring (bicyclic) bond motifs is 1. The van der Waals surface area contributed by atoms with E-state index in [1.165, 1.54) is 0 Å². The second-order valence-electron chi connectivity index (χ2n) is 6.09. The molecule has 1 aliphatic carbocycles. The Balaban J connectivity index is 1.28. The van der Waals surface area contributed by atoms with Crippen LogP contribution in [0.4, 0.5) is 0 Å². The Morgan fingerprint density at radius 2 is 2.25 bits per heavy atom. The fourth-order valence-electron chi connectivity index (χ4n) is 2.91. The van der Waals surface area contributed by atoms with Crippen LogP contribution >= 0.6 is 11.3 Å². The summed E-state index contributed by atoms with van der Waals surface area (Å²) in [7, 11) is 0. The molecule has 1 saturated carbocycles. The molecule has 2 aromatic heterocycles. The molecule has 0 bridgehead atoms. The Hall–Kier alpha value is -2.34. The third-order valence-electron chi connectivity index (χ3n) is 4.32. The number of benzene rings is 1. The SMILES string of the molecule is Cc1ccc(CNC(=O)C2CC(Oc3cccc4scnc34)C2)o1. The number of aryl methyl sites for hydroxylation is 1. The summed E-state index contributed by atoms with van der Waals surface area (Å²) >= 11 is 1.60. The molecule has 5 nitrogen and oxygen atoms in total. The minimum Gasteiger partial charge on any atom is -0.488 e. The average Bonchev–Trinajstić information content (AvgIpc) is 3.17. The van der Waals surface area contributed by atoms with Gasteiger partial charge in [0, 0.05) is 5.92 Å². The van der Waals surface area contributed by atoms with Crippen LogP contribution in [0.25, 0.3) is 10.2 Å². The average molecular weight is 342 g/mol. The summed E-state index contributed by atoms with van der Waals surface area (Å²) in [5, 5.41) is 2.93. The van der Waals surface area contributed by atoms with E-state index in [1.807, 2.05) is 42.8 Å². The van der Waals surface area contributed by atoms with Gasteiger partial charge < -0.3 is 14.5 Å². The summed E-state index contributed by atoms with van der Waals surface area (Å²) in [5.41, 5.74) is 2.73. The highest BCUT2D eigenvalue weighted by Gasteiger charge is 2.36. The third-order valence-corrected chi connectivity index (χ3v) is 5.11. The molecule has 3 aromatic rings. The van der Waals surface area contributed by atoms with E-state index in [4.69, 9.17) is 9.15 Å². The van der Waals surface area contributed by atoms with Crippen molar-refractivity contribution in [3.05, 3.63) is 47.4 Å². The zero-order valence-electron chi connectivity index (χ0n) is 13.3. The Kier molecular flexibility index (Phi) is 3.98. The summed E-state index contributed by atoms with van der Waals surface area (Å²) in [6.45, 7) is 2.33. The minimum atomic E-state index is 0.0145. The number of aromatic nitrogens is 1. The molecule has 1 amide bonds. The molecule has 0 atom stereocenters. The van der Waals surface area contributed by atoms with Crippen molar-refractivity contribution in [1.82, 2.24) is 10.3 Å². The van der Waals surface area contributed by atoms with Crippen molar-refractivity contribution in [3.63, 3.8) is 0 Å². The summed E-state index contributed by atoms with van der Waals surface area (Å²) in [5.74, 6) is 2.52. The maximum atomic E-state index is 12.2. The van der Waals surface area contributed by atoms with Crippen LogP contribution in [0, 0.1) is 12.8 Å². The molecule has 6 heteroatoms. The van der Waals surface area contributed by atoms with Crippen molar-refractivity contribution < 1.29 is 13.9 Å². The summed E-state index contributed by atoms with van der Waals surface area (Å²) in [6.07, 6.45) is 1.56. The zero-order valence-corrected chi connectivity index (χ0v) is 14.1. The van der Waals surface area contributed by atoms with Crippen molar-refractivity contribution in [2.24, 2.45) is 5.92 Å². The van der Waals surface area contributed by atoms with Crippen LogP contribution in [-0.2, 0) is 11.3 Å². The molecule has 124 valence electrons. The first-order valence-corrected chi connectivity index (χ1v) is 8.89. The van der Waals surface area contributed by atoms with Crippen molar-refractivity contribution in [2.75, 3.05) is 0 Å². The Morgan fingerprint density at radius 1 is 1.38 bits per heavy atom. The molecule has 0 radical (unpaired) electrons. The van der Waals surface area contributed by atoms with Crippen molar-refractivity contribution in [1.29, 1.82) is 0 Å². The summed E-state index contributed by atoms with van der Waals surface area (Å²) in [6, 6.07) is 9.73. The van der Waals surface area contributed by atoms with Gasteiger partial charge in [0.1, 0.15) is 28.9 Å². The maximum absolute atomic E-state index is 12.2. The molecule has 1 aliphatic rings. The lowest BCUT2D eigenvalue weighted by atomic mass is 9.81. The van der Waals surface area contributed by atoms with E-state index in [9.17, 15) is 4.79 Å². The standard InChI is InChI=1S/C18H18N2O3S/c1-11-5-6-13(22-11)9-19-18(21)12-7-14(8-12)23-15-3-2-4-16-17(15)20-10-24-16/h2-6,10,12,14H,7-9H2,1H3,(H,19,21). The van der Waals surface area contributed by atoms with Gasteiger partial charge in [0.2, 0.25) is 5.91 Å². The minimum absolute atomic E-state index is 0.0145. The quantitative estimate of drug-likeness (QED) is 0.768. The van der Waals surface area contributed by atoms with Crippen molar-refractivity contribution in [2.45, 2.75) is 32.4 Å². The van der Waals surface area contributed by atoms with Crippen LogP contribution in [0.1, 0.15) is 24.4 Å². The topological polar surface area (TPSA) is 64.4 Å². The van der Waals surface area contributed by atoms with Crippen LogP contribution in [0.15, 0.2) is 40.3 Å². The first-order chi connectivity index (χ1) is 11.7. The highest BCUT2D eigenvalue weighted by molar-refractivity contribution is 7.16. The number of amides is 1. The summed E-state index contributed by atoms with van der Waals surface area (Å²) in [4.78, 5) is 16.5. The largest absolute Gasteiger partial charge is 0.488 e. The second-order valence-corrected chi connectivity index (χ2v) is 6.98. The lowest BCUT2D eigenvalue weighted by molar-refractivity contribution is -0.130. The molecule has 0 aliphatic heterocycles. The van der Waals surface area contributed by atoms with Gasteiger partial charge in [0.15, 0.2) is 0 Å². The second kappa shape index (κ2) is 6.28. The van der Waals surface area contributed by atoms with Gasteiger partial charge in [0.05, 0.1) is 16.8 Å². The molecular formula is C18H18N2O3S. The number of rotatable bonds is 5. The van der Waals surface area contributed by atoms with E-state index < -0.39 is 0 Å². The van der Waals surface area contributed by atoms with Gasteiger partial charge in [-0.2, -0.15) is 0 Å². The lowest BCUT2D eigenvalue weighted by Gasteiger charge is -2.34. The highest BCUT2D eigenvalue weighted by Crippen LogP contribution is 2.34. The third kappa shape index (κ3) is 3.01. The van der Waals surface area contributed by atoms with Crippen LogP contribution in [0.3, 0.4) is 0 Å². The molecule has 0 unspecified atom stereocenters. The van der Waals surface area contributed by atoms with Gasteiger partial charge in [-0.15, -0.1) is 11.3 Å². The number of carbonyl (C=O) groups excluding carboxylic acids is 1. The smallest absolute Gasteiger partial charge is 0.223 e. The van der Waals surface area contributed by atoms with Gasteiger partial charge in [-0.1, -0.05) is 6.07 Å². The predicted molar refractivity (Wildman–Crippen MR) is 92.1 cm³/mol. The molecule has 2 heterocycles. The van der Waals surface area contributed by atoms with E-state index in [1.54, 1.807) is 11.3 Å². The number of para-hydroxylation sites is 1. The predicted octanol–water partition coefficient (Wildman–Crippen LogP) is 3.67. The van der Waals surface area contributed by atoms with Gasteiger partial charge in [-0.05, 0) is 44.0 Å². The monoisotopic (exact) mass is 342 g/mol. The number of carbonyl (C=O) groups is 1. The van der Waals surface area contributed by atoms with Crippen LogP contribution in [0.2, 0.25) is 0 Å². The molecule has 1 N–H and O–H groups in total. The van der Waals surface area contributed by atoms with Gasteiger partial charge in [0.25, 0.3) is 0 Å². The molecule has 0 spiro atoms. The normalized spacial score (nSPS) is 19.9. The first-order valence-electron chi connectivity index (χ1n) is 8.01. The Bertz CT molecular complexity index is 864. The number of furan rings is 1.